The number of hydrogen-bond acceptors (Lipinski definition) is 1. The number of fused-ring (bicyclic) bond motifs is 1. The lowest BCUT2D eigenvalue weighted by Crippen LogP contribution is -1.83. The van der Waals surface area contributed by atoms with Gasteiger partial charge in [-0.25, -0.2) is 0 Å². The molecule has 0 saturated carbocycles. The molecule has 1 aromatic carbocycles. The van der Waals surface area contributed by atoms with Gasteiger partial charge in [0.25, 0.3) is 0 Å². The zero-order valence-electron chi connectivity index (χ0n) is 6.55. The first-order chi connectivity index (χ1) is 5.47. The highest BCUT2D eigenvalue weighted by molar-refractivity contribution is 7.99. The summed E-state index contributed by atoms with van der Waals surface area (Å²) in [6.07, 6.45) is 4.02. The van der Waals surface area contributed by atoms with Crippen LogP contribution in [0.15, 0.2) is 29.2 Å². The van der Waals surface area contributed by atoms with Gasteiger partial charge in [0.05, 0.1) is 0 Å². The number of rotatable bonds is 0. The molecule has 0 saturated heterocycles. The molecule has 2 rings (SSSR count). The van der Waals surface area contributed by atoms with Crippen molar-refractivity contribution >= 4 is 11.8 Å². The zero-order chi connectivity index (χ0) is 7.52. The maximum Gasteiger partial charge on any atom is 0.0104 e. The zero-order valence-corrected chi connectivity index (χ0v) is 7.36. The van der Waals surface area contributed by atoms with Crippen molar-refractivity contribution in [3.05, 3.63) is 29.8 Å². The summed E-state index contributed by atoms with van der Waals surface area (Å²) in [5.41, 5.74) is 1.55. The van der Waals surface area contributed by atoms with E-state index in [2.05, 4.69) is 24.3 Å². The van der Waals surface area contributed by atoms with Gasteiger partial charge in [0.15, 0.2) is 0 Å². The van der Waals surface area contributed by atoms with Crippen molar-refractivity contribution in [2.75, 3.05) is 5.75 Å². The van der Waals surface area contributed by atoms with Gasteiger partial charge in [-0.3, -0.25) is 0 Å². The van der Waals surface area contributed by atoms with Crippen molar-refractivity contribution in [1.82, 2.24) is 0 Å². The van der Waals surface area contributed by atoms with Gasteiger partial charge in [0.1, 0.15) is 0 Å². The molecular formula is C10H12S. The smallest absolute Gasteiger partial charge is 0.0104 e. The molecule has 0 bridgehead atoms. The third-order valence-corrected chi connectivity index (χ3v) is 3.27. The van der Waals surface area contributed by atoms with Gasteiger partial charge in [0.2, 0.25) is 0 Å². The van der Waals surface area contributed by atoms with Gasteiger partial charge in [-0.1, -0.05) is 18.2 Å². The van der Waals surface area contributed by atoms with Crippen LogP contribution >= 0.6 is 11.8 Å². The molecule has 0 nitrogen and oxygen atoms in total. The molecule has 0 aromatic heterocycles. The summed E-state index contributed by atoms with van der Waals surface area (Å²) >= 11 is 2.01. The van der Waals surface area contributed by atoms with E-state index in [0.29, 0.717) is 0 Å². The topological polar surface area (TPSA) is 0 Å². The first-order valence-corrected chi connectivity index (χ1v) is 5.16. The van der Waals surface area contributed by atoms with Crippen LogP contribution in [0.1, 0.15) is 18.4 Å². The van der Waals surface area contributed by atoms with E-state index >= 15 is 0 Å². The molecule has 0 radical (unpaired) electrons. The molecule has 1 aromatic rings. The highest BCUT2D eigenvalue weighted by Gasteiger charge is 2.05. The maximum absolute atomic E-state index is 2.26. The molecule has 1 aliphatic rings. The highest BCUT2D eigenvalue weighted by atomic mass is 32.2. The molecule has 0 fully saturated rings. The summed E-state index contributed by atoms with van der Waals surface area (Å²) < 4.78 is 0. The van der Waals surface area contributed by atoms with Crippen LogP contribution < -0.4 is 0 Å². The van der Waals surface area contributed by atoms with Crippen molar-refractivity contribution in [2.24, 2.45) is 0 Å². The predicted molar refractivity (Wildman–Crippen MR) is 50.1 cm³/mol. The Morgan fingerprint density at radius 2 is 2.00 bits per heavy atom. The van der Waals surface area contributed by atoms with Crippen LogP contribution in [-0.2, 0) is 6.42 Å². The summed E-state index contributed by atoms with van der Waals surface area (Å²) in [4.78, 5) is 1.50. The number of thioether (sulfide) groups is 1. The molecule has 0 amide bonds. The summed E-state index contributed by atoms with van der Waals surface area (Å²) in [7, 11) is 0. The van der Waals surface area contributed by atoms with E-state index < -0.39 is 0 Å². The predicted octanol–water partition coefficient (Wildman–Crippen LogP) is 3.12. The van der Waals surface area contributed by atoms with Gasteiger partial charge in [0, 0.05) is 4.90 Å². The van der Waals surface area contributed by atoms with Crippen LogP contribution in [0.5, 0.6) is 0 Å². The lowest BCUT2D eigenvalue weighted by atomic mass is 10.1. The summed E-state index contributed by atoms with van der Waals surface area (Å²) in [5, 5.41) is 0. The molecule has 0 N–H and O–H groups in total. The Balaban J connectivity index is 2.33. The maximum atomic E-state index is 2.26. The first-order valence-electron chi connectivity index (χ1n) is 4.17. The molecule has 11 heavy (non-hydrogen) atoms. The van der Waals surface area contributed by atoms with Crippen molar-refractivity contribution in [3.8, 4) is 0 Å². The van der Waals surface area contributed by atoms with Crippen molar-refractivity contribution in [2.45, 2.75) is 24.2 Å². The van der Waals surface area contributed by atoms with Crippen molar-refractivity contribution in [1.29, 1.82) is 0 Å². The molecule has 0 atom stereocenters. The summed E-state index contributed by atoms with van der Waals surface area (Å²) in [6, 6.07) is 8.78. The van der Waals surface area contributed by atoms with Crippen LogP contribution in [0, 0.1) is 0 Å². The Hall–Kier alpha value is -0.430. The minimum atomic E-state index is 1.28. The second-order valence-electron chi connectivity index (χ2n) is 2.91. The normalized spacial score (nSPS) is 17.1. The fourth-order valence-electron chi connectivity index (χ4n) is 1.45. The van der Waals surface area contributed by atoms with Gasteiger partial charge in [-0.05, 0) is 36.6 Å². The van der Waals surface area contributed by atoms with E-state index in [-0.39, 0.29) is 0 Å². The third-order valence-electron chi connectivity index (χ3n) is 2.07. The lowest BCUT2D eigenvalue weighted by Gasteiger charge is -2.01. The molecule has 0 spiro atoms. The largest absolute Gasteiger partial charge is 0.126 e. The Morgan fingerprint density at radius 3 is 3.00 bits per heavy atom. The fourth-order valence-corrected chi connectivity index (χ4v) is 2.55. The quantitative estimate of drug-likeness (QED) is 0.567. The van der Waals surface area contributed by atoms with E-state index in [9.17, 15) is 0 Å². The number of hydrogen-bond donors (Lipinski definition) is 0. The molecular weight excluding hydrogens is 152 g/mol. The molecule has 0 aliphatic carbocycles. The minimum absolute atomic E-state index is 1.28. The first kappa shape index (κ1) is 7.23. The highest BCUT2D eigenvalue weighted by Crippen LogP contribution is 2.28. The SMILES string of the molecule is c1ccc2c(c1)CCCCS2. The Morgan fingerprint density at radius 1 is 1.09 bits per heavy atom. The average Bonchev–Trinajstić information content (AvgIpc) is 2.28. The molecule has 1 heteroatoms. The van der Waals surface area contributed by atoms with E-state index in [1.807, 2.05) is 11.8 Å². The van der Waals surface area contributed by atoms with Crippen LogP contribution in [0.25, 0.3) is 0 Å². The monoisotopic (exact) mass is 164 g/mol. The Labute approximate surface area is 72.0 Å². The fraction of sp³-hybridized carbons (Fsp3) is 0.400. The Bertz CT molecular complexity index is 217. The standard InChI is InChI=1S/C10H12S/c1-2-7-10-9(5-1)6-3-4-8-11-10/h1-2,5,7H,3-4,6,8H2. The number of aryl methyl sites for hydroxylation is 1. The summed E-state index contributed by atoms with van der Waals surface area (Å²) in [6.45, 7) is 0. The molecule has 1 aliphatic heterocycles. The number of benzene rings is 1. The van der Waals surface area contributed by atoms with Crippen molar-refractivity contribution < 1.29 is 0 Å². The van der Waals surface area contributed by atoms with Gasteiger partial charge in [-0.15, -0.1) is 11.8 Å². The Kier molecular flexibility index (Phi) is 2.18. The second kappa shape index (κ2) is 3.31. The van der Waals surface area contributed by atoms with E-state index in [0.717, 1.165) is 0 Å². The van der Waals surface area contributed by atoms with Gasteiger partial charge < -0.3 is 0 Å². The third kappa shape index (κ3) is 1.59. The second-order valence-corrected chi connectivity index (χ2v) is 4.05. The van der Waals surface area contributed by atoms with Crippen LogP contribution in [0.3, 0.4) is 0 Å². The van der Waals surface area contributed by atoms with Gasteiger partial charge >= 0.3 is 0 Å². The minimum Gasteiger partial charge on any atom is -0.126 e. The van der Waals surface area contributed by atoms with E-state index in [1.54, 1.807) is 5.56 Å². The average molecular weight is 164 g/mol. The van der Waals surface area contributed by atoms with Crippen LogP contribution in [0.4, 0.5) is 0 Å². The van der Waals surface area contributed by atoms with Crippen LogP contribution in [0.2, 0.25) is 0 Å². The molecule has 58 valence electrons. The van der Waals surface area contributed by atoms with Gasteiger partial charge in [-0.2, -0.15) is 0 Å². The van der Waals surface area contributed by atoms with Crippen molar-refractivity contribution in [3.63, 3.8) is 0 Å². The van der Waals surface area contributed by atoms with E-state index in [4.69, 9.17) is 0 Å². The molecule has 0 unspecified atom stereocenters. The molecule has 1 heterocycles. The summed E-state index contributed by atoms with van der Waals surface area (Å²) in [5.74, 6) is 1.30. The van der Waals surface area contributed by atoms with Crippen LogP contribution in [-0.4, -0.2) is 5.75 Å². The van der Waals surface area contributed by atoms with E-state index in [1.165, 1.54) is 29.9 Å². The lowest BCUT2D eigenvalue weighted by molar-refractivity contribution is 0.804.